The molecule has 154 valence electrons. The van der Waals surface area contributed by atoms with E-state index in [1.54, 1.807) is 0 Å². The van der Waals surface area contributed by atoms with Gasteiger partial charge in [0.2, 0.25) is 6.10 Å². The molecule has 1 saturated carbocycles. The van der Waals surface area contributed by atoms with Gasteiger partial charge in [0.1, 0.15) is 6.07 Å². The first-order chi connectivity index (χ1) is 13.7. The molecule has 1 aromatic carbocycles. The Morgan fingerprint density at radius 3 is 2.52 bits per heavy atom. The molecule has 4 heteroatoms. The summed E-state index contributed by atoms with van der Waals surface area (Å²) in [6, 6.07) is 9.82. The molecule has 29 heavy (non-hydrogen) atoms. The van der Waals surface area contributed by atoms with Gasteiger partial charge in [0.05, 0.1) is 5.92 Å². The predicted octanol–water partition coefficient (Wildman–Crippen LogP) is 5.21. The van der Waals surface area contributed by atoms with Gasteiger partial charge < -0.3 is 4.74 Å². The van der Waals surface area contributed by atoms with Crippen molar-refractivity contribution in [3.63, 3.8) is 0 Å². The Hall–Kier alpha value is -2.64. The fourth-order valence-corrected chi connectivity index (χ4v) is 3.84. The Bertz CT molecular complexity index is 817. The molecule has 0 heterocycles. The van der Waals surface area contributed by atoms with Crippen LogP contribution in [0.4, 0.5) is 0 Å². The molecule has 4 nitrogen and oxygen atoms in total. The predicted molar refractivity (Wildman–Crippen MR) is 117 cm³/mol. The number of hydrogen-bond donors (Lipinski definition) is 0. The topological polar surface area (TPSA) is 53.3 Å². The van der Waals surface area contributed by atoms with Crippen LogP contribution >= 0.6 is 0 Å². The van der Waals surface area contributed by atoms with Crippen LogP contribution in [0.15, 0.2) is 61.2 Å². The quantitative estimate of drug-likeness (QED) is 0.405. The maximum atomic E-state index is 12.8. The summed E-state index contributed by atoms with van der Waals surface area (Å²) in [5, 5.41) is 9.64. The summed E-state index contributed by atoms with van der Waals surface area (Å²) in [6.07, 6.45) is 4.93. The minimum atomic E-state index is -0.904. The van der Waals surface area contributed by atoms with Crippen molar-refractivity contribution >= 4 is 5.97 Å². The average Bonchev–Trinajstić information content (AvgIpc) is 3.19. The number of esters is 1. The van der Waals surface area contributed by atoms with Crippen molar-refractivity contribution in [2.45, 2.75) is 40.3 Å². The van der Waals surface area contributed by atoms with E-state index in [9.17, 15) is 10.1 Å². The first kappa shape index (κ1) is 22.6. The fourth-order valence-electron chi connectivity index (χ4n) is 3.84. The van der Waals surface area contributed by atoms with Gasteiger partial charge in [0, 0.05) is 25.2 Å². The maximum absolute atomic E-state index is 12.8. The second-order valence-corrected chi connectivity index (χ2v) is 8.53. The lowest BCUT2D eigenvalue weighted by atomic mass is 10.1. The van der Waals surface area contributed by atoms with Gasteiger partial charge in [-0.3, -0.25) is 9.69 Å². The molecule has 2 rings (SSSR count). The zero-order valence-electron chi connectivity index (χ0n) is 18.0. The SMILES string of the molecule is C=CCN(CC=C)Cc1cccc(C(C#N)OC(=O)C2C(C=C(C)C)C2(C)C)c1. The third-order valence-electron chi connectivity index (χ3n) is 5.46. The van der Waals surface area contributed by atoms with Crippen LogP contribution in [-0.4, -0.2) is 24.0 Å². The van der Waals surface area contributed by atoms with Crippen LogP contribution in [0.1, 0.15) is 44.9 Å². The van der Waals surface area contributed by atoms with Crippen LogP contribution in [-0.2, 0) is 16.1 Å². The molecule has 0 radical (unpaired) electrons. The average molecular weight is 393 g/mol. The normalized spacial score (nSPS) is 20.3. The number of carbonyl (C=O) groups excluding carboxylic acids is 1. The van der Waals surface area contributed by atoms with Crippen LogP contribution < -0.4 is 0 Å². The highest BCUT2D eigenvalue weighted by molar-refractivity contribution is 5.78. The first-order valence-corrected chi connectivity index (χ1v) is 10.0. The van der Waals surface area contributed by atoms with Gasteiger partial charge in [-0.2, -0.15) is 5.26 Å². The van der Waals surface area contributed by atoms with Gasteiger partial charge in [-0.25, -0.2) is 0 Å². The largest absolute Gasteiger partial charge is 0.442 e. The highest BCUT2D eigenvalue weighted by atomic mass is 16.5. The lowest BCUT2D eigenvalue weighted by Crippen LogP contribution is -2.23. The molecule has 1 aliphatic rings. The fraction of sp³-hybridized carbons (Fsp3) is 0.440. The summed E-state index contributed by atoms with van der Waals surface area (Å²) >= 11 is 0. The molecule has 0 bridgehead atoms. The number of ether oxygens (including phenoxy) is 1. The van der Waals surface area contributed by atoms with E-state index >= 15 is 0 Å². The van der Waals surface area contributed by atoms with Gasteiger partial charge in [-0.05, 0) is 36.8 Å². The second-order valence-electron chi connectivity index (χ2n) is 8.53. The standard InChI is InChI=1S/C25H32N2O2/c1-7-12-27(13-8-2)17-19-10-9-11-20(15-19)22(16-26)29-24(28)23-21(14-18(3)4)25(23,5)6/h7-11,14-15,21-23H,1-2,12-13,17H2,3-6H3. The molecule has 0 saturated heterocycles. The van der Waals surface area contributed by atoms with Gasteiger partial charge >= 0.3 is 5.97 Å². The molecule has 0 spiro atoms. The van der Waals surface area contributed by atoms with Crippen molar-refractivity contribution in [1.29, 1.82) is 5.26 Å². The Morgan fingerprint density at radius 1 is 1.31 bits per heavy atom. The lowest BCUT2D eigenvalue weighted by Gasteiger charge is -2.19. The monoisotopic (exact) mass is 392 g/mol. The third-order valence-corrected chi connectivity index (χ3v) is 5.46. The van der Waals surface area contributed by atoms with E-state index in [2.05, 4.69) is 44.1 Å². The summed E-state index contributed by atoms with van der Waals surface area (Å²) in [5.74, 6) is -0.335. The summed E-state index contributed by atoms with van der Waals surface area (Å²) in [7, 11) is 0. The molecule has 1 aliphatic carbocycles. The minimum absolute atomic E-state index is 0.133. The number of rotatable bonds is 10. The van der Waals surface area contributed by atoms with E-state index in [1.807, 2.05) is 50.3 Å². The summed E-state index contributed by atoms with van der Waals surface area (Å²) < 4.78 is 5.64. The Kier molecular flexibility index (Phi) is 7.59. The number of nitriles is 1. The molecule has 3 unspecified atom stereocenters. The maximum Gasteiger partial charge on any atom is 0.311 e. The van der Waals surface area contributed by atoms with Crippen molar-refractivity contribution in [3.05, 3.63) is 72.4 Å². The van der Waals surface area contributed by atoms with E-state index in [4.69, 9.17) is 4.74 Å². The first-order valence-electron chi connectivity index (χ1n) is 10.0. The van der Waals surface area contributed by atoms with Gasteiger partial charge in [0.15, 0.2) is 0 Å². The Morgan fingerprint density at radius 2 is 1.97 bits per heavy atom. The van der Waals surface area contributed by atoms with Crippen molar-refractivity contribution in [1.82, 2.24) is 4.90 Å². The molecular weight excluding hydrogens is 360 g/mol. The highest BCUT2D eigenvalue weighted by Gasteiger charge is 2.61. The van der Waals surface area contributed by atoms with Gasteiger partial charge in [-0.1, -0.05) is 55.8 Å². The summed E-state index contributed by atoms with van der Waals surface area (Å²) in [4.78, 5) is 14.9. The summed E-state index contributed by atoms with van der Waals surface area (Å²) in [6.45, 7) is 18.0. The number of nitrogens with zero attached hydrogens (tertiary/aromatic N) is 2. The van der Waals surface area contributed by atoms with Gasteiger partial charge in [0.25, 0.3) is 0 Å². The Labute approximate surface area is 175 Å². The molecule has 0 N–H and O–H groups in total. The van der Waals surface area contributed by atoms with Crippen LogP contribution in [0.5, 0.6) is 0 Å². The van der Waals surface area contributed by atoms with E-state index in [1.165, 1.54) is 5.57 Å². The zero-order chi connectivity index (χ0) is 21.6. The van der Waals surface area contributed by atoms with Crippen LogP contribution in [0.2, 0.25) is 0 Å². The Balaban J connectivity index is 2.11. The summed E-state index contributed by atoms with van der Waals surface area (Å²) in [5.41, 5.74) is 2.81. The van der Waals surface area contributed by atoms with Crippen LogP contribution in [0, 0.1) is 28.6 Å². The van der Waals surface area contributed by atoms with E-state index in [0.29, 0.717) is 12.1 Å². The lowest BCUT2D eigenvalue weighted by molar-refractivity contribution is -0.149. The molecule has 0 aromatic heterocycles. The highest BCUT2D eigenvalue weighted by Crippen LogP contribution is 2.60. The molecule has 1 aromatic rings. The smallest absolute Gasteiger partial charge is 0.311 e. The second kappa shape index (κ2) is 9.71. The van der Waals surface area contributed by atoms with E-state index in [-0.39, 0.29) is 23.2 Å². The number of carbonyl (C=O) groups is 1. The zero-order valence-corrected chi connectivity index (χ0v) is 18.0. The number of hydrogen-bond acceptors (Lipinski definition) is 4. The van der Waals surface area contributed by atoms with E-state index < -0.39 is 6.10 Å². The van der Waals surface area contributed by atoms with E-state index in [0.717, 1.165) is 18.7 Å². The molecular formula is C25H32N2O2. The van der Waals surface area contributed by atoms with Crippen LogP contribution in [0.3, 0.4) is 0 Å². The van der Waals surface area contributed by atoms with Gasteiger partial charge in [-0.15, -0.1) is 13.2 Å². The molecule has 1 fully saturated rings. The van der Waals surface area contributed by atoms with Crippen LogP contribution in [0.25, 0.3) is 0 Å². The number of allylic oxidation sites excluding steroid dienone is 2. The third kappa shape index (κ3) is 5.68. The van der Waals surface area contributed by atoms with Crippen molar-refractivity contribution < 1.29 is 9.53 Å². The van der Waals surface area contributed by atoms with Crippen molar-refractivity contribution in [2.75, 3.05) is 13.1 Å². The number of benzene rings is 1. The molecule has 0 amide bonds. The minimum Gasteiger partial charge on any atom is -0.442 e. The van der Waals surface area contributed by atoms with Crippen molar-refractivity contribution in [3.8, 4) is 6.07 Å². The van der Waals surface area contributed by atoms with Crippen molar-refractivity contribution in [2.24, 2.45) is 17.3 Å². The molecule has 0 aliphatic heterocycles. The molecule has 3 atom stereocenters.